The van der Waals surface area contributed by atoms with Crippen LogP contribution in [-0.2, 0) is 6.54 Å². The fraction of sp³-hybridized carbons (Fsp3) is 0.214. The van der Waals surface area contributed by atoms with E-state index < -0.39 is 5.82 Å². The Balaban J connectivity index is 2.19. The monoisotopic (exact) mass is 278 g/mol. The number of nitrogens with zero attached hydrogens (tertiary/aromatic N) is 1. The van der Waals surface area contributed by atoms with Gasteiger partial charge in [0.05, 0.1) is 6.54 Å². The molecule has 0 aliphatic heterocycles. The first-order chi connectivity index (χ1) is 8.99. The highest BCUT2D eigenvalue weighted by Gasteiger charge is 2.15. The van der Waals surface area contributed by atoms with Crippen molar-refractivity contribution in [3.8, 4) is 0 Å². The lowest BCUT2D eigenvalue weighted by Gasteiger charge is -2.17. The number of nitrogen functional groups attached to an aromatic ring is 1. The molecule has 0 saturated carbocycles. The maximum absolute atomic E-state index is 13.6. The van der Waals surface area contributed by atoms with E-state index in [4.69, 9.17) is 5.73 Å². The molecule has 0 atom stereocenters. The van der Waals surface area contributed by atoms with Crippen molar-refractivity contribution in [2.45, 2.75) is 13.5 Å². The van der Waals surface area contributed by atoms with Crippen LogP contribution in [0.4, 0.5) is 10.1 Å². The molecule has 0 aliphatic rings. The van der Waals surface area contributed by atoms with E-state index in [2.05, 4.69) is 0 Å². The maximum Gasteiger partial charge on any atom is 0.254 e. The number of benzene rings is 1. The van der Waals surface area contributed by atoms with Gasteiger partial charge in [0.15, 0.2) is 0 Å². The third-order valence-corrected chi connectivity index (χ3v) is 3.81. The molecule has 0 spiro atoms. The Morgan fingerprint density at radius 2 is 2.21 bits per heavy atom. The van der Waals surface area contributed by atoms with Crippen LogP contribution < -0.4 is 5.73 Å². The molecule has 0 radical (unpaired) electrons. The summed E-state index contributed by atoms with van der Waals surface area (Å²) in [6, 6.07) is 6.64. The summed E-state index contributed by atoms with van der Waals surface area (Å²) in [6.45, 7) is 2.10. The molecule has 0 saturated heterocycles. The minimum absolute atomic E-state index is 0.237. The molecule has 2 rings (SSSR count). The second kappa shape index (κ2) is 5.40. The number of carbonyl (C=O) groups excluding carboxylic acids is 1. The van der Waals surface area contributed by atoms with Gasteiger partial charge < -0.3 is 10.6 Å². The zero-order chi connectivity index (χ0) is 14.0. The van der Waals surface area contributed by atoms with E-state index in [0.29, 0.717) is 17.8 Å². The molecule has 2 aromatic rings. The lowest BCUT2D eigenvalue weighted by Crippen LogP contribution is -2.26. The highest BCUT2D eigenvalue weighted by atomic mass is 32.1. The van der Waals surface area contributed by atoms with Gasteiger partial charge in [0.1, 0.15) is 5.82 Å². The molecule has 100 valence electrons. The van der Waals surface area contributed by atoms with Crippen molar-refractivity contribution in [3.63, 3.8) is 0 Å². The zero-order valence-corrected chi connectivity index (χ0v) is 11.6. The second-order valence-electron chi connectivity index (χ2n) is 4.41. The minimum atomic E-state index is -0.451. The molecule has 0 aliphatic carbocycles. The van der Waals surface area contributed by atoms with Crippen molar-refractivity contribution in [3.05, 3.63) is 51.5 Å². The van der Waals surface area contributed by atoms with Crippen molar-refractivity contribution in [2.75, 3.05) is 12.8 Å². The summed E-state index contributed by atoms with van der Waals surface area (Å²) in [4.78, 5) is 14.8. The Hall–Kier alpha value is -1.88. The number of amides is 1. The third-order valence-electron chi connectivity index (χ3n) is 2.95. The number of nitrogens with two attached hydrogens (primary N) is 1. The van der Waals surface area contributed by atoms with E-state index in [1.165, 1.54) is 12.1 Å². The van der Waals surface area contributed by atoms with Gasteiger partial charge in [-0.05, 0) is 30.5 Å². The number of hydrogen-bond acceptors (Lipinski definition) is 3. The molecular weight excluding hydrogens is 263 g/mol. The van der Waals surface area contributed by atoms with Crippen molar-refractivity contribution < 1.29 is 9.18 Å². The number of hydrogen-bond donors (Lipinski definition) is 1. The lowest BCUT2D eigenvalue weighted by molar-refractivity contribution is 0.0786. The highest BCUT2D eigenvalue weighted by Crippen LogP contribution is 2.19. The molecule has 5 heteroatoms. The molecule has 1 heterocycles. The molecule has 2 N–H and O–H groups in total. The van der Waals surface area contributed by atoms with Crippen molar-refractivity contribution in [1.29, 1.82) is 0 Å². The Labute approximate surface area is 115 Å². The van der Waals surface area contributed by atoms with Crippen molar-refractivity contribution >= 4 is 22.9 Å². The molecule has 19 heavy (non-hydrogen) atoms. The van der Waals surface area contributed by atoms with E-state index in [-0.39, 0.29) is 11.5 Å². The molecular formula is C14H15FN2OS. The van der Waals surface area contributed by atoms with Crippen molar-refractivity contribution in [2.24, 2.45) is 0 Å². The van der Waals surface area contributed by atoms with Crippen LogP contribution in [0.1, 0.15) is 20.8 Å². The van der Waals surface area contributed by atoms with Crippen LogP contribution in [0.2, 0.25) is 0 Å². The summed E-state index contributed by atoms with van der Waals surface area (Å²) >= 11 is 1.58. The molecule has 1 aromatic carbocycles. The lowest BCUT2D eigenvalue weighted by atomic mass is 10.1. The van der Waals surface area contributed by atoms with Crippen LogP contribution >= 0.6 is 11.3 Å². The van der Waals surface area contributed by atoms with Gasteiger partial charge in [-0.15, -0.1) is 11.3 Å². The Morgan fingerprint density at radius 1 is 1.47 bits per heavy atom. The van der Waals surface area contributed by atoms with Crippen LogP contribution in [0.15, 0.2) is 29.6 Å². The van der Waals surface area contributed by atoms with Crippen LogP contribution in [0.3, 0.4) is 0 Å². The average molecular weight is 278 g/mol. The molecule has 1 aromatic heterocycles. The van der Waals surface area contributed by atoms with Gasteiger partial charge >= 0.3 is 0 Å². The summed E-state index contributed by atoms with van der Waals surface area (Å²) in [6.07, 6.45) is 0. The Bertz CT molecular complexity index is 572. The van der Waals surface area contributed by atoms with Crippen LogP contribution in [0.5, 0.6) is 0 Å². The number of thiophene rings is 1. The zero-order valence-electron chi connectivity index (χ0n) is 10.8. The summed E-state index contributed by atoms with van der Waals surface area (Å²) in [5.41, 5.74) is 6.64. The van der Waals surface area contributed by atoms with Gasteiger partial charge in [0, 0.05) is 28.7 Å². The maximum atomic E-state index is 13.6. The molecule has 1 amide bonds. The predicted octanol–water partition coefficient (Wildman–Crippen LogP) is 3.05. The van der Waals surface area contributed by atoms with Gasteiger partial charge in [-0.2, -0.15) is 0 Å². The summed E-state index contributed by atoms with van der Waals surface area (Å²) in [5, 5.41) is 1.96. The summed E-state index contributed by atoms with van der Waals surface area (Å²) < 4.78 is 13.6. The Morgan fingerprint density at radius 3 is 2.79 bits per heavy atom. The van der Waals surface area contributed by atoms with Crippen LogP contribution in [0, 0.1) is 12.7 Å². The number of halogens is 1. The van der Waals surface area contributed by atoms with Gasteiger partial charge in [0.25, 0.3) is 5.91 Å². The molecule has 0 unspecified atom stereocenters. The molecule has 0 bridgehead atoms. The van der Waals surface area contributed by atoms with Gasteiger partial charge in [-0.3, -0.25) is 4.79 Å². The Kier molecular flexibility index (Phi) is 3.85. The fourth-order valence-electron chi connectivity index (χ4n) is 1.75. The topological polar surface area (TPSA) is 46.3 Å². The smallest absolute Gasteiger partial charge is 0.254 e. The first kappa shape index (κ1) is 13.5. The standard InChI is InChI=1S/C14H15FN2OS/c1-9-12(15)6-10(7-13(9)16)14(18)17(2)8-11-4-3-5-19-11/h3-7H,8,16H2,1-2H3. The minimum Gasteiger partial charge on any atom is -0.398 e. The summed E-state index contributed by atoms with van der Waals surface area (Å²) in [5.74, 6) is -0.688. The second-order valence-corrected chi connectivity index (χ2v) is 5.45. The number of anilines is 1. The fourth-order valence-corrected chi connectivity index (χ4v) is 2.51. The van der Waals surface area contributed by atoms with E-state index in [9.17, 15) is 9.18 Å². The van der Waals surface area contributed by atoms with E-state index in [0.717, 1.165) is 4.88 Å². The van der Waals surface area contributed by atoms with Crippen LogP contribution in [0.25, 0.3) is 0 Å². The van der Waals surface area contributed by atoms with E-state index in [1.807, 2.05) is 17.5 Å². The largest absolute Gasteiger partial charge is 0.398 e. The van der Waals surface area contributed by atoms with Gasteiger partial charge in [-0.1, -0.05) is 6.07 Å². The van der Waals surface area contributed by atoms with Crippen LogP contribution in [-0.4, -0.2) is 17.9 Å². The first-order valence-electron chi connectivity index (χ1n) is 5.82. The van der Waals surface area contributed by atoms with E-state index in [1.54, 1.807) is 30.2 Å². The number of carbonyl (C=O) groups is 1. The number of rotatable bonds is 3. The summed E-state index contributed by atoms with van der Waals surface area (Å²) in [7, 11) is 1.69. The molecule has 3 nitrogen and oxygen atoms in total. The average Bonchev–Trinajstić information content (AvgIpc) is 2.87. The third kappa shape index (κ3) is 2.93. The van der Waals surface area contributed by atoms with Crippen molar-refractivity contribution in [1.82, 2.24) is 4.90 Å². The first-order valence-corrected chi connectivity index (χ1v) is 6.70. The normalized spacial score (nSPS) is 10.5. The van der Waals surface area contributed by atoms with Gasteiger partial charge in [0.2, 0.25) is 0 Å². The van der Waals surface area contributed by atoms with Gasteiger partial charge in [-0.25, -0.2) is 4.39 Å². The van der Waals surface area contributed by atoms with E-state index >= 15 is 0 Å². The SMILES string of the molecule is Cc1c(N)cc(C(=O)N(C)Cc2cccs2)cc1F. The quantitative estimate of drug-likeness (QED) is 0.877. The molecule has 0 fully saturated rings. The highest BCUT2D eigenvalue weighted by molar-refractivity contribution is 7.09. The predicted molar refractivity (Wildman–Crippen MR) is 75.7 cm³/mol.